The van der Waals surface area contributed by atoms with E-state index in [4.69, 9.17) is 11.6 Å². The second kappa shape index (κ2) is 6.19. The molecule has 2 aromatic rings. The van der Waals surface area contributed by atoms with Gasteiger partial charge in [0, 0.05) is 20.9 Å². The van der Waals surface area contributed by atoms with E-state index < -0.39 is 0 Å². The highest BCUT2D eigenvalue weighted by atomic mass is 35.5. The maximum absolute atomic E-state index is 6.10. The smallest absolute Gasteiger partial charge is 0.0409 e. The molecule has 1 atom stereocenters. The third kappa shape index (κ3) is 2.92. The highest BCUT2D eigenvalue weighted by Gasteiger charge is 2.21. The van der Waals surface area contributed by atoms with E-state index in [-0.39, 0.29) is 12.4 Å². The van der Waals surface area contributed by atoms with Gasteiger partial charge >= 0.3 is 0 Å². The molecule has 1 N–H and O–H groups in total. The summed E-state index contributed by atoms with van der Waals surface area (Å²) in [5.41, 5.74) is 2.69. The Bertz CT molecular complexity index is 586. The maximum atomic E-state index is 6.10. The minimum absolute atomic E-state index is 0. The second-order valence-corrected chi connectivity index (χ2v) is 5.96. The molecule has 1 aliphatic heterocycles. The molecular weight excluding hydrogens is 297 g/mol. The molecular formula is C15H15Cl2NS. The van der Waals surface area contributed by atoms with E-state index in [9.17, 15) is 0 Å². The Morgan fingerprint density at radius 1 is 1.16 bits per heavy atom. The van der Waals surface area contributed by atoms with Gasteiger partial charge in [-0.25, -0.2) is 0 Å². The Labute approximate surface area is 129 Å². The highest BCUT2D eigenvalue weighted by Crippen LogP contribution is 2.41. The molecule has 1 unspecified atom stereocenters. The zero-order chi connectivity index (χ0) is 12.5. The van der Waals surface area contributed by atoms with Crippen LogP contribution in [0.1, 0.15) is 17.2 Å². The number of nitrogens with one attached hydrogen (secondary N) is 1. The van der Waals surface area contributed by atoms with Crippen LogP contribution in [-0.4, -0.2) is 7.05 Å². The van der Waals surface area contributed by atoms with Crippen molar-refractivity contribution in [3.05, 3.63) is 58.6 Å². The van der Waals surface area contributed by atoms with E-state index in [0.29, 0.717) is 6.04 Å². The molecule has 0 saturated carbocycles. The summed E-state index contributed by atoms with van der Waals surface area (Å²) in [5.74, 6) is 0. The number of halogens is 2. The molecule has 0 aliphatic carbocycles. The molecule has 4 heteroatoms. The van der Waals surface area contributed by atoms with Crippen LogP contribution < -0.4 is 5.32 Å². The number of fused-ring (bicyclic) bond motifs is 2. The zero-order valence-electron chi connectivity index (χ0n) is 10.5. The van der Waals surface area contributed by atoms with Gasteiger partial charge in [0.05, 0.1) is 0 Å². The lowest BCUT2D eigenvalue weighted by Crippen LogP contribution is -2.18. The van der Waals surface area contributed by atoms with Crippen molar-refractivity contribution in [3.8, 4) is 0 Å². The summed E-state index contributed by atoms with van der Waals surface area (Å²) in [7, 11) is 2.02. The number of benzene rings is 2. The summed E-state index contributed by atoms with van der Waals surface area (Å²) in [6.45, 7) is 0. The van der Waals surface area contributed by atoms with E-state index in [1.165, 1.54) is 20.9 Å². The first-order valence-corrected chi connectivity index (χ1v) is 7.20. The van der Waals surface area contributed by atoms with Gasteiger partial charge in [-0.3, -0.25) is 0 Å². The zero-order valence-corrected chi connectivity index (χ0v) is 12.9. The van der Waals surface area contributed by atoms with Crippen molar-refractivity contribution in [2.45, 2.75) is 22.3 Å². The van der Waals surface area contributed by atoms with Gasteiger partial charge in [0.2, 0.25) is 0 Å². The van der Waals surface area contributed by atoms with Gasteiger partial charge in [0.25, 0.3) is 0 Å². The minimum atomic E-state index is 0. The summed E-state index contributed by atoms with van der Waals surface area (Å²) in [6, 6.07) is 15.1. The molecule has 0 amide bonds. The summed E-state index contributed by atoms with van der Waals surface area (Å²) in [5, 5.41) is 4.22. The van der Waals surface area contributed by atoms with E-state index in [0.717, 1.165) is 11.4 Å². The quantitative estimate of drug-likeness (QED) is 0.817. The Kier molecular flexibility index (Phi) is 4.80. The molecule has 0 bridgehead atoms. The lowest BCUT2D eigenvalue weighted by atomic mass is 9.99. The first-order valence-electron chi connectivity index (χ1n) is 6.00. The summed E-state index contributed by atoms with van der Waals surface area (Å²) in [4.78, 5) is 2.64. The summed E-state index contributed by atoms with van der Waals surface area (Å²) >= 11 is 7.93. The molecule has 1 heterocycles. The molecule has 1 nitrogen and oxygen atoms in total. The van der Waals surface area contributed by atoms with Crippen LogP contribution in [-0.2, 0) is 6.42 Å². The first kappa shape index (κ1) is 14.7. The number of hydrogen-bond donors (Lipinski definition) is 1. The van der Waals surface area contributed by atoms with E-state index in [1.807, 2.05) is 24.9 Å². The molecule has 0 spiro atoms. The Hall–Kier alpha value is -0.670. The first-order chi connectivity index (χ1) is 8.78. The molecule has 0 saturated heterocycles. The van der Waals surface area contributed by atoms with Gasteiger partial charge in [-0.15, -0.1) is 12.4 Å². The van der Waals surface area contributed by atoms with Crippen LogP contribution in [0.3, 0.4) is 0 Å². The van der Waals surface area contributed by atoms with Crippen LogP contribution in [0.25, 0.3) is 0 Å². The topological polar surface area (TPSA) is 12.0 Å². The van der Waals surface area contributed by atoms with Crippen LogP contribution in [0, 0.1) is 0 Å². The van der Waals surface area contributed by atoms with Crippen LogP contribution in [0.5, 0.6) is 0 Å². The number of rotatable bonds is 1. The third-order valence-corrected chi connectivity index (χ3v) is 4.75. The molecule has 0 radical (unpaired) electrons. The predicted molar refractivity (Wildman–Crippen MR) is 84.8 cm³/mol. The van der Waals surface area contributed by atoms with E-state index in [1.54, 1.807) is 0 Å². The van der Waals surface area contributed by atoms with E-state index >= 15 is 0 Å². The molecule has 100 valence electrons. The van der Waals surface area contributed by atoms with Gasteiger partial charge in [-0.05, 0) is 48.9 Å². The Morgan fingerprint density at radius 3 is 2.74 bits per heavy atom. The van der Waals surface area contributed by atoms with Gasteiger partial charge < -0.3 is 5.32 Å². The molecule has 3 rings (SSSR count). The standard InChI is InChI=1S/C15H14ClNS.ClH/c1-17-13-9-10-8-11(16)6-7-14(10)18-15-5-3-2-4-12(13)15;/h2-8,13,17H,9H2,1H3;1H. The molecule has 0 aromatic heterocycles. The lowest BCUT2D eigenvalue weighted by Gasteiger charge is -2.16. The average molecular weight is 312 g/mol. The fraction of sp³-hybridized carbons (Fsp3) is 0.200. The molecule has 0 fully saturated rings. The largest absolute Gasteiger partial charge is 0.313 e. The second-order valence-electron chi connectivity index (χ2n) is 4.44. The van der Waals surface area contributed by atoms with Crippen molar-refractivity contribution >= 4 is 35.8 Å². The molecule has 19 heavy (non-hydrogen) atoms. The average Bonchev–Trinajstić information content (AvgIpc) is 2.54. The van der Waals surface area contributed by atoms with E-state index in [2.05, 4.69) is 41.7 Å². The van der Waals surface area contributed by atoms with Crippen molar-refractivity contribution in [1.29, 1.82) is 0 Å². The summed E-state index contributed by atoms with van der Waals surface area (Å²) < 4.78 is 0. The van der Waals surface area contributed by atoms with Crippen molar-refractivity contribution < 1.29 is 0 Å². The Morgan fingerprint density at radius 2 is 1.95 bits per heavy atom. The normalized spacial score (nSPS) is 16.8. The van der Waals surface area contributed by atoms with Gasteiger partial charge in [0.1, 0.15) is 0 Å². The number of likely N-dealkylation sites (N-methyl/N-ethyl adjacent to an activating group) is 1. The van der Waals surface area contributed by atoms with Crippen molar-refractivity contribution in [1.82, 2.24) is 5.32 Å². The fourth-order valence-corrected chi connectivity index (χ4v) is 3.69. The third-order valence-electron chi connectivity index (χ3n) is 3.31. The van der Waals surface area contributed by atoms with Crippen LogP contribution in [0.4, 0.5) is 0 Å². The van der Waals surface area contributed by atoms with Crippen LogP contribution in [0.15, 0.2) is 52.3 Å². The maximum Gasteiger partial charge on any atom is 0.0409 e. The van der Waals surface area contributed by atoms with Gasteiger partial charge in [0.15, 0.2) is 0 Å². The van der Waals surface area contributed by atoms with Crippen LogP contribution in [0.2, 0.25) is 5.02 Å². The van der Waals surface area contributed by atoms with Crippen molar-refractivity contribution in [3.63, 3.8) is 0 Å². The monoisotopic (exact) mass is 311 g/mol. The predicted octanol–water partition coefficient (Wildman–Crippen LogP) is 4.73. The highest BCUT2D eigenvalue weighted by molar-refractivity contribution is 7.99. The molecule has 2 aromatic carbocycles. The summed E-state index contributed by atoms with van der Waals surface area (Å²) in [6.07, 6.45) is 0.983. The van der Waals surface area contributed by atoms with Gasteiger partial charge in [-0.2, -0.15) is 0 Å². The van der Waals surface area contributed by atoms with Crippen molar-refractivity contribution in [2.75, 3.05) is 7.05 Å². The molecule has 1 aliphatic rings. The Balaban J connectivity index is 0.00000133. The SMILES string of the molecule is CNC1Cc2cc(Cl)ccc2Sc2ccccc21.Cl. The fourth-order valence-electron chi connectivity index (χ4n) is 2.37. The van der Waals surface area contributed by atoms with Crippen molar-refractivity contribution in [2.24, 2.45) is 0 Å². The lowest BCUT2D eigenvalue weighted by molar-refractivity contribution is 0.582. The van der Waals surface area contributed by atoms with Crippen LogP contribution >= 0.6 is 35.8 Å². The van der Waals surface area contributed by atoms with Gasteiger partial charge in [-0.1, -0.05) is 41.6 Å². The minimum Gasteiger partial charge on any atom is -0.313 e. The number of hydrogen-bond acceptors (Lipinski definition) is 2.